The lowest BCUT2D eigenvalue weighted by atomic mass is 10.1. The van der Waals surface area contributed by atoms with Gasteiger partial charge in [0.15, 0.2) is 0 Å². The van der Waals surface area contributed by atoms with Crippen LogP contribution in [0.1, 0.15) is 45.6 Å². The van der Waals surface area contributed by atoms with Crippen LogP contribution in [0.2, 0.25) is 0 Å². The van der Waals surface area contributed by atoms with E-state index in [2.05, 4.69) is 38.2 Å². The Bertz CT molecular complexity index is 351. The molecular formula is C18H31NO2. The fourth-order valence-electron chi connectivity index (χ4n) is 2.11. The Morgan fingerprint density at radius 2 is 1.76 bits per heavy atom. The zero-order valence-electron chi connectivity index (χ0n) is 13.9. The molecule has 1 aromatic rings. The largest absolute Gasteiger partial charge is 0.491 e. The lowest BCUT2D eigenvalue weighted by molar-refractivity contribution is 0.0980. The van der Waals surface area contributed by atoms with Crippen molar-refractivity contribution in [3.05, 3.63) is 29.8 Å². The highest BCUT2D eigenvalue weighted by Crippen LogP contribution is 2.13. The lowest BCUT2D eigenvalue weighted by Crippen LogP contribution is -2.28. The van der Waals surface area contributed by atoms with Crippen molar-refractivity contribution in [3.8, 4) is 5.75 Å². The van der Waals surface area contributed by atoms with Crippen molar-refractivity contribution < 1.29 is 9.47 Å². The lowest BCUT2D eigenvalue weighted by Gasteiger charge is -2.13. The molecule has 1 aromatic carbocycles. The van der Waals surface area contributed by atoms with E-state index < -0.39 is 0 Å². The third-order valence-electron chi connectivity index (χ3n) is 3.35. The molecule has 1 rings (SSSR count). The minimum Gasteiger partial charge on any atom is -0.491 e. The van der Waals surface area contributed by atoms with Gasteiger partial charge in [-0.15, -0.1) is 0 Å². The summed E-state index contributed by atoms with van der Waals surface area (Å²) in [5, 5.41) is 3.51. The Hall–Kier alpha value is -1.06. The van der Waals surface area contributed by atoms with E-state index in [1.165, 1.54) is 18.4 Å². The SMILES string of the molecule is CCCCOCCOc1ccc(CC(C)NCCC)cc1. The Kier molecular flexibility index (Phi) is 9.92. The summed E-state index contributed by atoms with van der Waals surface area (Å²) in [7, 11) is 0. The fourth-order valence-corrected chi connectivity index (χ4v) is 2.11. The van der Waals surface area contributed by atoms with E-state index in [0.717, 1.165) is 31.7 Å². The second-order valence-electron chi connectivity index (χ2n) is 5.52. The van der Waals surface area contributed by atoms with Crippen LogP contribution >= 0.6 is 0 Å². The summed E-state index contributed by atoms with van der Waals surface area (Å²) in [4.78, 5) is 0. The molecule has 3 nitrogen and oxygen atoms in total. The summed E-state index contributed by atoms with van der Waals surface area (Å²) in [5.41, 5.74) is 1.35. The topological polar surface area (TPSA) is 30.5 Å². The Labute approximate surface area is 130 Å². The van der Waals surface area contributed by atoms with Gasteiger partial charge in [0.2, 0.25) is 0 Å². The Balaban J connectivity index is 2.20. The summed E-state index contributed by atoms with van der Waals surface area (Å²) in [6.07, 6.45) is 4.53. The first-order chi connectivity index (χ1) is 10.3. The van der Waals surface area contributed by atoms with Gasteiger partial charge in [-0.1, -0.05) is 32.4 Å². The molecular weight excluding hydrogens is 262 g/mol. The van der Waals surface area contributed by atoms with E-state index in [-0.39, 0.29) is 0 Å². The van der Waals surface area contributed by atoms with Crippen molar-refractivity contribution in [3.63, 3.8) is 0 Å². The maximum absolute atomic E-state index is 5.67. The zero-order valence-corrected chi connectivity index (χ0v) is 13.9. The maximum Gasteiger partial charge on any atom is 0.119 e. The molecule has 21 heavy (non-hydrogen) atoms. The zero-order chi connectivity index (χ0) is 15.3. The molecule has 0 amide bonds. The van der Waals surface area contributed by atoms with Gasteiger partial charge in [0.1, 0.15) is 12.4 Å². The molecule has 0 saturated carbocycles. The summed E-state index contributed by atoms with van der Waals surface area (Å²) >= 11 is 0. The van der Waals surface area contributed by atoms with Crippen molar-refractivity contribution in [1.82, 2.24) is 5.32 Å². The van der Waals surface area contributed by atoms with Gasteiger partial charge in [0.25, 0.3) is 0 Å². The Morgan fingerprint density at radius 3 is 2.43 bits per heavy atom. The highest BCUT2D eigenvalue weighted by atomic mass is 16.5. The van der Waals surface area contributed by atoms with E-state index in [1.807, 2.05) is 12.1 Å². The summed E-state index contributed by atoms with van der Waals surface area (Å²) in [6, 6.07) is 8.92. The van der Waals surface area contributed by atoms with Gasteiger partial charge >= 0.3 is 0 Å². The van der Waals surface area contributed by atoms with Crippen LogP contribution in [0.25, 0.3) is 0 Å². The van der Waals surface area contributed by atoms with Crippen LogP contribution in [0.4, 0.5) is 0 Å². The molecule has 0 aliphatic carbocycles. The smallest absolute Gasteiger partial charge is 0.119 e. The average Bonchev–Trinajstić information content (AvgIpc) is 2.50. The van der Waals surface area contributed by atoms with Crippen LogP contribution in [0, 0.1) is 0 Å². The van der Waals surface area contributed by atoms with Crippen molar-refractivity contribution in [2.24, 2.45) is 0 Å². The molecule has 0 heterocycles. The summed E-state index contributed by atoms with van der Waals surface area (Å²) in [5.74, 6) is 0.923. The van der Waals surface area contributed by atoms with Crippen molar-refractivity contribution in [2.75, 3.05) is 26.4 Å². The molecule has 0 radical (unpaired) electrons. The average molecular weight is 293 g/mol. The molecule has 120 valence electrons. The van der Waals surface area contributed by atoms with Gasteiger partial charge in [-0.05, 0) is 50.4 Å². The van der Waals surface area contributed by atoms with Crippen molar-refractivity contribution in [1.29, 1.82) is 0 Å². The first-order valence-electron chi connectivity index (χ1n) is 8.29. The van der Waals surface area contributed by atoms with Crippen LogP contribution in [0.3, 0.4) is 0 Å². The van der Waals surface area contributed by atoms with Crippen LogP contribution in [-0.4, -0.2) is 32.4 Å². The molecule has 0 saturated heterocycles. The van der Waals surface area contributed by atoms with Crippen LogP contribution in [0.5, 0.6) is 5.75 Å². The summed E-state index contributed by atoms with van der Waals surface area (Å²) < 4.78 is 11.1. The quantitative estimate of drug-likeness (QED) is 0.594. The number of unbranched alkanes of at least 4 members (excludes halogenated alkanes) is 1. The highest BCUT2D eigenvalue weighted by molar-refractivity contribution is 5.27. The molecule has 0 fully saturated rings. The number of ether oxygens (including phenoxy) is 2. The predicted octanol–water partition coefficient (Wildman–Crippen LogP) is 3.81. The molecule has 0 spiro atoms. The standard InChI is InChI=1S/C18H31NO2/c1-4-6-12-20-13-14-21-18-9-7-17(8-10-18)15-16(3)19-11-5-2/h7-10,16,19H,4-6,11-15H2,1-3H3. The molecule has 1 unspecified atom stereocenters. The minimum atomic E-state index is 0.517. The van der Waals surface area contributed by atoms with Gasteiger partial charge in [0.05, 0.1) is 6.61 Å². The highest BCUT2D eigenvalue weighted by Gasteiger charge is 2.02. The van der Waals surface area contributed by atoms with E-state index in [0.29, 0.717) is 19.3 Å². The minimum absolute atomic E-state index is 0.517. The molecule has 0 aliphatic rings. The van der Waals surface area contributed by atoms with Gasteiger partial charge in [-0.25, -0.2) is 0 Å². The van der Waals surface area contributed by atoms with Crippen molar-refractivity contribution >= 4 is 0 Å². The van der Waals surface area contributed by atoms with Gasteiger partial charge in [-0.2, -0.15) is 0 Å². The summed E-state index contributed by atoms with van der Waals surface area (Å²) in [6.45, 7) is 9.80. The monoisotopic (exact) mass is 293 g/mol. The molecule has 1 atom stereocenters. The fraction of sp³-hybridized carbons (Fsp3) is 0.667. The van der Waals surface area contributed by atoms with Gasteiger partial charge in [0, 0.05) is 12.6 Å². The van der Waals surface area contributed by atoms with Gasteiger partial charge < -0.3 is 14.8 Å². The number of nitrogens with one attached hydrogen (secondary N) is 1. The number of benzene rings is 1. The predicted molar refractivity (Wildman–Crippen MR) is 89.1 cm³/mol. The van der Waals surface area contributed by atoms with E-state index >= 15 is 0 Å². The number of rotatable bonds is 12. The van der Waals surface area contributed by atoms with Crippen molar-refractivity contribution in [2.45, 2.75) is 52.5 Å². The maximum atomic E-state index is 5.67. The second-order valence-corrected chi connectivity index (χ2v) is 5.52. The molecule has 0 bridgehead atoms. The third-order valence-corrected chi connectivity index (χ3v) is 3.35. The third kappa shape index (κ3) is 8.74. The van der Waals surface area contributed by atoms with Crippen LogP contribution < -0.4 is 10.1 Å². The van der Waals surface area contributed by atoms with E-state index in [1.54, 1.807) is 0 Å². The van der Waals surface area contributed by atoms with Gasteiger partial charge in [-0.3, -0.25) is 0 Å². The van der Waals surface area contributed by atoms with E-state index in [4.69, 9.17) is 9.47 Å². The molecule has 1 N–H and O–H groups in total. The van der Waals surface area contributed by atoms with E-state index in [9.17, 15) is 0 Å². The molecule has 0 aromatic heterocycles. The normalized spacial score (nSPS) is 12.3. The first-order valence-corrected chi connectivity index (χ1v) is 8.29. The number of hydrogen-bond donors (Lipinski definition) is 1. The molecule has 0 aliphatic heterocycles. The van der Waals surface area contributed by atoms with Crippen LogP contribution in [0.15, 0.2) is 24.3 Å². The molecule has 3 heteroatoms. The number of hydrogen-bond acceptors (Lipinski definition) is 3. The first kappa shape index (κ1) is 18.0. The van der Waals surface area contributed by atoms with Crippen LogP contribution in [-0.2, 0) is 11.2 Å². The second kappa shape index (κ2) is 11.6. The Morgan fingerprint density at radius 1 is 1.00 bits per heavy atom.